The van der Waals surface area contributed by atoms with E-state index in [9.17, 15) is 19.2 Å². The molecule has 3 aliphatic heterocycles. The molecule has 1 aromatic heterocycles. The number of ether oxygens (including phenoxy) is 4. The average molecular weight is 515 g/mol. The standard InChI is InChI=1S/C28H34O9/c1-14(29)34-19-12-20(31)36-24(2,3)17-11-18(30)27(6)16(26(17,19)5)7-9-25(4)21(15-8-10-33-13-15)35-23(32)22-28(25,27)37-22/h8,10,13,16-17,19,21-22H,7,9,11-12H2,1-6H3/t16-,17+,19?,21+,22-,25+,26?,27?,28-/m1/s1. The number of furan rings is 1. The Labute approximate surface area is 215 Å². The van der Waals surface area contributed by atoms with E-state index in [-0.39, 0.29) is 30.5 Å². The Bertz CT molecular complexity index is 1200. The minimum atomic E-state index is -1.09. The van der Waals surface area contributed by atoms with Crippen molar-refractivity contribution < 1.29 is 42.5 Å². The van der Waals surface area contributed by atoms with E-state index in [1.165, 1.54) is 13.2 Å². The highest BCUT2D eigenvalue weighted by Gasteiger charge is 2.88. The van der Waals surface area contributed by atoms with Crippen molar-refractivity contribution in [2.45, 2.75) is 96.7 Å². The molecule has 5 fully saturated rings. The topological polar surface area (TPSA) is 122 Å². The number of esters is 3. The lowest BCUT2D eigenvalue weighted by atomic mass is 9.37. The lowest BCUT2D eigenvalue weighted by molar-refractivity contribution is -0.234. The highest BCUT2D eigenvalue weighted by molar-refractivity contribution is 5.93. The molecular weight excluding hydrogens is 480 g/mol. The first-order chi connectivity index (χ1) is 17.2. The predicted octanol–water partition coefficient (Wildman–Crippen LogP) is 3.69. The van der Waals surface area contributed by atoms with Crippen LogP contribution in [-0.4, -0.2) is 47.1 Å². The molecule has 9 heteroatoms. The monoisotopic (exact) mass is 514 g/mol. The first-order valence-corrected chi connectivity index (χ1v) is 13.1. The van der Waals surface area contributed by atoms with Gasteiger partial charge in [-0.2, -0.15) is 0 Å². The zero-order valence-corrected chi connectivity index (χ0v) is 22.1. The zero-order valence-electron chi connectivity index (χ0n) is 22.1. The molecule has 2 aliphatic carbocycles. The highest BCUT2D eigenvalue weighted by Crippen LogP contribution is 2.78. The minimum absolute atomic E-state index is 0.0263. The molecular formula is C28H34O9. The van der Waals surface area contributed by atoms with Crippen LogP contribution in [0.2, 0.25) is 0 Å². The molecule has 0 N–H and O–H groups in total. The third-order valence-corrected chi connectivity index (χ3v) is 10.8. The second-order valence-corrected chi connectivity index (χ2v) is 12.7. The summed E-state index contributed by atoms with van der Waals surface area (Å²) in [5, 5.41) is 0. The van der Waals surface area contributed by atoms with Gasteiger partial charge in [-0.3, -0.25) is 14.4 Å². The summed E-state index contributed by atoms with van der Waals surface area (Å²) in [6.07, 6.45) is 2.06. The summed E-state index contributed by atoms with van der Waals surface area (Å²) in [5.41, 5.74) is -3.88. The molecule has 37 heavy (non-hydrogen) atoms. The van der Waals surface area contributed by atoms with Crippen molar-refractivity contribution in [3.8, 4) is 0 Å². The van der Waals surface area contributed by atoms with Gasteiger partial charge in [0.15, 0.2) is 6.10 Å². The van der Waals surface area contributed by atoms with Crippen LogP contribution in [0.5, 0.6) is 0 Å². The number of carbonyl (C=O) groups excluding carboxylic acids is 4. The lowest BCUT2D eigenvalue weighted by Crippen LogP contribution is -2.72. The Morgan fingerprint density at radius 3 is 2.41 bits per heavy atom. The van der Waals surface area contributed by atoms with Gasteiger partial charge in [0.2, 0.25) is 0 Å². The second kappa shape index (κ2) is 7.24. The van der Waals surface area contributed by atoms with Gasteiger partial charge in [-0.05, 0) is 45.6 Å². The third kappa shape index (κ3) is 2.79. The van der Waals surface area contributed by atoms with Crippen LogP contribution < -0.4 is 0 Å². The first kappa shape index (κ1) is 24.6. The van der Waals surface area contributed by atoms with Crippen LogP contribution >= 0.6 is 0 Å². The van der Waals surface area contributed by atoms with Crippen LogP contribution in [0.1, 0.15) is 78.9 Å². The number of fused-ring (bicyclic) bond motifs is 3. The van der Waals surface area contributed by atoms with Crippen LogP contribution in [0.25, 0.3) is 0 Å². The number of cyclic esters (lactones) is 2. The van der Waals surface area contributed by atoms with Gasteiger partial charge in [0.05, 0.1) is 24.4 Å². The summed E-state index contributed by atoms with van der Waals surface area (Å²) in [7, 11) is 0. The van der Waals surface area contributed by atoms with E-state index >= 15 is 0 Å². The number of ketones is 1. The largest absolute Gasteiger partial charge is 0.472 e. The van der Waals surface area contributed by atoms with Gasteiger partial charge in [-0.15, -0.1) is 0 Å². The van der Waals surface area contributed by atoms with Crippen LogP contribution in [0.4, 0.5) is 0 Å². The minimum Gasteiger partial charge on any atom is -0.472 e. The molecule has 9 nitrogen and oxygen atoms in total. The zero-order chi connectivity index (χ0) is 26.8. The molecule has 2 saturated carbocycles. The molecule has 1 aromatic rings. The van der Waals surface area contributed by atoms with Gasteiger partial charge in [0.25, 0.3) is 0 Å². The molecule has 1 spiro atoms. The fourth-order valence-electron chi connectivity index (χ4n) is 9.24. The number of hydrogen-bond acceptors (Lipinski definition) is 9. The summed E-state index contributed by atoms with van der Waals surface area (Å²) in [6, 6.07) is 1.78. The normalized spacial score (nSPS) is 47.7. The fourth-order valence-corrected chi connectivity index (χ4v) is 9.24. The number of epoxide rings is 1. The Kier molecular flexibility index (Phi) is 4.82. The summed E-state index contributed by atoms with van der Waals surface area (Å²) in [6.45, 7) is 11.0. The summed E-state index contributed by atoms with van der Waals surface area (Å²) >= 11 is 0. The van der Waals surface area contributed by atoms with E-state index in [1.54, 1.807) is 12.3 Å². The van der Waals surface area contributed by atoms with Crippen molar-refractivity contribution in [2.24, 2.45) is 28.1 Å². The van der Waals surface area contributed by atoms with Crippen molar-refractivity contribution in [1.82, 2.24) is 0 Å². The van der Waals surface area contributed by atoms with Gasteiger partial charge in [-0.1, -0.05) is 13.8 Å². The molecule has 3 unspecified atom stereocenters. The van der Waals surface area contributed by atoms with E-state index in [0.29, 0.717) is 12.8 Å². The Hall–Kier alpha value is -2.68. The van der Waals surface area contributed by atoms with Crippen LogP contribution in [-0.2, 0) is 38.1 Å². The van der Waals surface area contributed by atoms with Crippen LogP contribution in [0.15, 0.2) is 23.0 Å². The third-order valence-electron chi connectivity index (χ3n) is 10.8. The van der Waals surface area contributed by atoms with Crippen molar-refractivity contribution in [1.29, 1.82) is 0 Å². The SMILES string of the molecule is CC(=O)OC1CC(=O)OC(C)(C)[C@@H]2CC(=O)C3(C)[C@H](CC[C@@]4(C)[C@H](c5ccoc5)OC(=O)[C@H]5O[C@@]534)C12C. The van der Waals surface area contributed by atoms with Crippen LogP contribution in [0, 0.1) is 28.1 Å². The summed E-state index contributed by atoms with van der Waals surface area (Å²) < 4.78 is 29.3. The van der Waals surface area contributed by atoms with Gasteiger partial charge < -0.3 is 23.4 Å². The van der Waals surface area contributed by atoms with Gasteiger partial charge >= 0.3 is 17.9 Å². The molecule has 200 valence electrons. The number of Topliss-reactive ketones (excluding diaryl/α,β-unsaturated/α-hetero) is 1. The molecule has 3 saturated heterocycles. The van der Waals surface area contributed by atoms with E-state index in [1.807, 2.05) is 34.6 Å². The molecule has 5 aliphatic rings. The molecule has 9 atom stereocenters. The average Bonchev–Trinajstić information content (AvgIpc) is 3.38. The van der Waals surface area contributed by atoms with Crippen molar-refractivity contribution in [3.63, 3.8) is 0 Å². The Morgan fingerprint density at radius 2 is 1.76 bits per heavy atom. The highest BCUT2D eigenvalue weighted by atomic mass is 16.7. The number of hydrogen-bond donors (Lipinski definition) is 0. The molecule has 0 bridgehead atoms. The predicted molar refractivity (Wildman–Crippen MR) is 126 cm³/mol. The maximum Gasteiger partial charge on any atom is 0.339 e. The number of rotatable bonds is 2. The van der Waals surface area contributed by atoms with Crippen molar-refractivity contribution in [3.05, 3.63) is 24.2 Å². The molecule has 0 aromatic carbocycles. The molecule has 4 heterocycles. The van der Waals surface area contributed by atoms with Crippen molar-refractivity contribution >= 4 is 23.7 Å². The summed E-state index contributed by atoms with van der Waals surface area (Å²) in [5.74, 6) is -2.18. The Balaban J connectivity index is 1.54. The molecule has 0 amide bonds. The van der Waals surface area contributed by atoms with E-state index in [0.717, 1.165) is 5.56 Å². The summed E-state index contributed by atoms with van der Waals surface area (Å²) in [4.78, 5) is 52.7. The smallest absolute Gasteiger partial charge is 0.339 e. The second-order valence-electron chi connectivity index (χ2n) is 12.7. The maximum atomic E-state index is 14.4. The van der Waals surface area contributed by atoms with Crippen LogP contribution in [0.3, 0.4) is 0 Å². The van der Waals surface area contributed by atoms with Gasteiger partial charge in [0, 0.05) is 35.7 Å². The number of carbonyl (C=O) groups is 4. The van der Waals surface area contributed by atoms with E-state index < -0.39 is 63.7 Å². The quantitative estimate of drug-likeness (QED) is 0.330. The first-order valence-electron chi connectivity index (χ1n) is 13.1. The van der Waals surface area contributed by atoms with E-state index in [4.69, 9.17) is 23.4 Å². The maximum absolute atomic E-state index is 14.4. The Morgan fingerprint density at radius 1 is 1.03 bits per heavy atom. The van der Waals surface area contributed by atoms with Crippen molar-refractivity contribution in [2.75, 3.05) is 0 Å². The van der Waals surface area contributed by atoms with Gasteiger partial charge in [0.1, 0.15) is 29.2 Å². The molecule has 6 rings (SSSR count). The molecule has 0 radical (unpaired) electrons. The van der Waals surface area contributed by atoms with Gasteiger partial charge in [-0.25, -0.2) is 4.79 Å². The van der Waals surface area contributed by atoms with E-state index in [2.05, 4.69) is 0 Å². The lowest BCUT2D eigenvalue weighted by Gasteiger charge is -2.66. The fraction of sp³-hybridized carbons (Fsp3) is 0.714.